The fourth-order valence-electron chi connectivity index (χ4n) is 2.51. The minimum absolute atomic E-state index is 0.554. The van der Waals surface area contributed by atoms with Crippen LogP contribution in [0.25, 0.3) is 16.7 Å². The molecule has 3 rings (SSSR count). The van der Waals surface area contributed by atoms with Crippen LogP contribution < -0.4 is 4.74 Å². The Hall–Kier alpha value is -2.00. The zero-order valence-corrected chi connectivity index (χ0v) is 12.9. The Morgan fingerprint density at radius 1 is 1.14 bits per heavy atom. The molecule has 21 heavy (non-hydrogen) atoms. The van der Waals surface area contributed by atoms with Crippen molar-refractivity contribution < 1.29 is 4.74 Å². The Bertz CT molecular complexity index is 762. The van der Waals surface area contributed by atoms with Crippen LogP contribution >= 0.6 is 11.6 Å². The second-order valence-electron chi connectivity index (χ2n) is 4.99. The van der Waals surface area contributed by atoms with Crippen molar-refractivity contribution in [3.8, 4) is 11.4 Å². The van der Waals surface area contributed by atoms with E-state index in [1.165, 1.54) is 5.56 Å². The van der Waals surface area contributed by atoms with Gasteiger partial charge in [0.25, 0.3) is 0 Å². The standard InChI is InChI=1S/C17H17ClN2O/c1-12-3-8-15-16(11-12)20(17(19-15)9-10-18)13-4-6-14(21-2)7-5-13/h3-8,11H,9-10H2,1-2H3. The third kappa shape index (κ3) is 2.61. The molecule has 0 aliphatic rings. The van der Waals surface area contributed by atoms with Gasteiger partial charge in [0, 0.05) is 18.0 Å². The van der Waals surface area contributed by atoms with Gasteiger partial charge in [0.05, 0.1) is 18.1 Å². The molecule has 0 N–H and O–H groups in total. The summed E-state index contributed by atoms with van der Waals surface area (Å²) in [6.07, 6.45) is 0.737. The average Bonchev–Trinajstić information content (AvgIpc) is 2.85. The molecule has 3 nitrogen and oxygen atoms in total. The first-order valence-electron chi connectivity index (χ1n) is 6.91. The molecule has 0 atom stereocenters. The SMILES string of the molecule is COc1ccc(-n2c(CCCl)nc3ccc(C)cc32)cc1. The van der Waals surface area contributed by atoms with Gasteiger partial charge in [-0.15, -0.1) is 11.6 Å². The first-order valence-corrected chi connectivity index (χ1v) is 7.45. The molecule has 3 aromatic rings. The van der Waals surface area contributed by atoms with Crippen LogP contribution in [0.15, 0.2) is 42.5 Å². The van der Waals surface area contributed by atoms with Gasteiger partial charge in [-0.1, -0.05) is 6.07 Å². The van der Waals surface area contributed by atoms with E-state index in [4.69, 9.17) is 21.3 Å². The summed E-state index contributed by atoms with van der Waals surface area (Å²) in [6, 6.07) is 14.3. The van der Waals surface area contributed by atoms with Gasteiger partial charge in [0.15, 0.2) is 0 Å². The lowest BCUT2D eigenvalue weighted by Crippen LogP contribution is -2.02. The molecular formula is C17H17ClN2O. The first kappa shape index (κ1) is 14.0. The van der Waals surface area contributed by atoms with Gasteiger partial charge in [0.1, 0.15) is 11.6 Å². The molecule has 0 saturated carbocycles. The fraction of sp³-hybridized carbons (Fsp3) is 0.235. The Labute approximate surface area is 129 Å². The molecule has 0 radical (unpaired) electrons. The molecular weight excluding hydrogens is 284 g/mol. The van der Waals surface area contributed by atoms with Gasteiger partial charge in [0.2, 0.25) is 0 Å². The maximum atomic E-state index is 5.93. The Balaban J connectivity index is 2.21. The highest BCUT2D eigenvalue weighted by atomic mass is 35.5. The number of hydrogen-bond acceptors (Lipinski definition) is 2. The van der Waals surface area contributed by atoms with Crippen LogP contribution in [-0.4, -0.2) is 22.5 Å². The minimum atomic E-state index is 0.554. The van der Waals surface area contributed by atoms with Crippen molar-refractivity contribution in [3.63, 3.8) is 0 Å². The van der Waals surface area contributed by atoms with Crippen molar-refractivity contribution in [2.45, 2.75) is 13.3 Å². The smallest absolute Gasteiger partial charge is 0.119 e. The van der Waals surface area contributed by atoms with Crippen molar-refractivity contribution in [2.75, 3.05) is 13.0 Å². The Morgan fingerprint density at radius 2 is 1.90 bits per heavy atom. The molecule has 1 aromatic heterocycles. The van der Waals surface area contributed by atoms with E-state index in [2.05, 4.69) is 29.7 Å². The quantitative estimate of drug-likeness (QED) is 0.678. The van der Waals surface area contributed by atoms with Gasteiger partial charge in [-0.25, -0.2) is 4.98 Å². The highest BCUT2D eigenvalue weighted by molar-refractivity contribution is 6.17. The largest absolute Gasteiger partial charge is 0.497 e. The summed E-state index contributed by atoms with van der Waals surface area (Å²) < 4.78 is 7.40. The number of ether oxygens (including phenoxy) is 1. The number of nitrogens with zero attached hydrogens (tertiary/aromatic N) is 2. The molecule has 1 heterocycles. The van der Waals surface area contributed by atoms with E-state index in [-0.39, 0.29) is 0 Å². The van der Waals surface area contributed by atoms with Gasteiger partial charge in [-0.3, -0.25) is 4.57 Å². The number of aromatic nitrogens is 2. The van der Waals surface area contributed by atoms with E-state index in [1.807, 2.05) is 24.3 Å². The zero-order chi connectivity index (χ0) is 14.8. The molecule has 0 amide bonds. The monoisotopic (exact) mass is 300 g/mol. The molecule has 0 spiro atoms. The van der Waals surface area contributed by atoms with Crippen molar-refractivity contribution in [3.05, 3.63) is 53.9 Å². The van der Waals surface area contributed by atoms with Crippen LogP contribution in [0.1, 0.15) is 11.4 Å². The van der Waals surface area contributed by atoms with Crippen molar-refractivity contribution in [1.29, 1.82) is 0 Å². The van der Waals surface area contributed by atoms with Crippen LogP contribution in [-0.2, 0) is 6.42 Å². The van der Waals surface area contributed by atoms with Gasteiger partial charge in [-0.05, 0) is 48.9 Å². The van der Waals surface area contributed by atoms with Gasteiger partial charge >= 0.3 is 0 Å². The van der Waals surface area contributed by atoms with E-state index in [0.29, 0.717) is 5.88 Å². The van der Waals surface area contributed by atoms with E-state index in [1.54, 1.807) is 7.11 Å². The number of alkyl halides is 1. The Kier molecular flexibility index (Phi) is 3.84. The summed E-state index contributed by atoms with van der Waals surface area (Å²) in [5, 5.41) is 0. The number of aryl methyl sites for hydroxylation is 2. The number of fused-ring (bicyclic) bond motifs is 1. The van der Waals surface area contributed by atoms with Crippen molar-refractivity contribution in [2.24, 2.45) is 0 Å². The van der Waals surface area contributed by atoms with Crippen LogP contribution in [0.4, 0.5) is 0 Å². The number of methoxy groups -OCH3 is 1. The van der Waals surface area contributed by atoms with E-state index < -0.39 is 0 Å². The summed E-state index contributed by atoms with van der Waals surface area (Å²) in [5.41, 5.74) is 4.40. The summed E-state index contributed by atoms with van der Waals surface area (Å²) in [4.78, 5) is 4.71. The fourth-order valence-corrected chi connectivity index (χ4v) is 2.68. The van der Waals surface area contributed by atoms with Crippen LogP contribution in [0, 0.1) is 6.92 Å². The van der Waals surface area contributed by atoms with Crippen molar-refractivity contribution >= 4 is 22.6 Å². The highest BCUT2D eigenvalue weighted by Gasteiger charge is 2.12. The predicted molar refractivity (Wildman–Crippen MR) is 86.8 cm³/mol. The summed E-state index contributed by atoms with van der Waals surface area (Å²) >= 11 is 5.93. The lowest BCUT2D eigenvalue weighted by atomic mass is 10.2. The highest BCUT2D eigenvalue weighted by Crippen LogP contribution is 2.24. The van der Waals surface area contributed by atoms with E-state index >= 15 is 0 Å². The third-order valence-electron chi connectivity index (χ3n) is 3.53. The number of imidazole rings is 1. The molecule has 0 unspecified atom stereocenters. The van der Waals surface area contributed by atoms with Gasteiger partial charge in [-0.2, -0.15) is 0 Å². The lowest BCUT2D eigenvalue weighted by Gasteiger charge is -2.10. The van der Waals surface area contributed by atoms with Crippen LogP contribution in [0.2, 0.25) is 0 Å². The zero-order valence-electron chi connectivity index (χ0n) is 12.1. The molecule has 0 bridgehead atoms. The van der Waals surface area contributed by atoms with Crippen LogP contribution in [0.3, 0.4) is 0 Å². The molecule has 108 valence electrons. The molecule has 0 saturated heterocycles. The number of benzene rings is 2. The second-order valence-corrected chi connectivity index (χ2v) is 5.37. The maximum absolute atomic E-state index is 5.93. The third-order valence-corrected chi connectivity index (χ3v) is 3.72. The predicted octanol–water partition coefficient (Wildman–Crippen LogP) is 4.12. The van der Waals surface area contributed by atoms with E-state index in [9.17, 15) is 0 Å². The van der Waals surface area contributed by atoms with Gasteiger partial charge < -0.3 is 4.74 Å². The molecule has 0 aliphatic carbocycles. The first-order chi connectivity index (χ1) is 10.2. The summed E-state index contributed by atoms with van der Waals surface area (Å²) in [6.45, 7) is 2.09. The topological polar surface area (TPSA) is 27.1 Å². The Morgan fingerprint density at radius 3 is 2.57 bits per heavy atom. The van der Waals surface area contributed by atoms with E-state index in [0.717, 1.165) is 34.7 Å². The summed E-state index contributed by atoms with van der Waals surface area (Å²) in [5.74, 6) is 2.38. The van der Waals surface area contributed by atoms with Crippen molar-refractivity contribution in [1.82, 2.24) is 9.55 Å². The second kappa shape index (κ2) is 5.78. The lowest BCUT2D eigenvalue weighted by molar-refractivity contribution is 0.414. The maximum Gasteiger partial charge on any atom is 0.119 e. The normalized spacial score (nSPS) is 11.0. The number of halogens is 1. The molecule has 2 aromatic carbocycles. The molecule has 4 heteroatoms. The number of hydrogen-bond donors (Lipinski definition) is 0. The molecule has 0 fully saturated rings. The average molecular weight is 301 g/mol. The number of rotatable bonds is 4. The summed E-state index contributed by atoms with van der Waals surface area (Å²) in [7, 11) is 1.67. The van der Waals surface area contributed by atoms with Crippen LogP contribution in [0.5, 0.6) is 5.75 Å². The molecule has 0 aliphatic heterocycles. The minimum Gasteiger partial charge on any atom is -0.497 e.